The molecule has 0 unspecified atom stereocenters. The number of fused-ring (bicyclic) bond motifs is 2. The van der Waals surface area contributed by atoms with Gasteiger partial charge in [-0.25, -0.2) is 0 Å². The molecule has 0 aliphatic heterocycles. The molecular weight excluding hydrogens is 134 g/mol. The number of hydrogen-bond donors (Lipinski definition) is 0. The van der Waals surface area contributed by atoms with Crippen LogP contribution in [0.15, 0.2) is 4.99 Å². The van der Waals surface area contributed by atoms with Crippen molar-refractivity contribution in [3.8, 4) is 0 Å². The standard InChI is InChI=1S/C10H17N/c1-10(2)8-5-4-7(6-8)9(10)11-3/h7-8H,4-6H2,1-3H3/b11-9-/t7-,8+/m1/s1. The van der Waals surface area contributed by atoms with Gasteiger partial charge in [-0.2, -0.15) is 0 Å². The Morgan fingerprint density at radius 3 is 2.45 bits per heavy atom. The topological polar surface area (TPSA) is 12.4 Å². The molecule has 2 saturated carbocycles. The maximum atomic E-state index is 4.44. The highest BCUT2D eigenvalue weighted by molar-refractivity contribution is 5.94. The van der Waals surface area contributed by atoms with Gasteiger partial charge < -0.3 is 0 Å². The molecule has 2 rings (SSSR count). The maximum Gasteiger partial charge on any atom is 0.0276 e. The Bertz CT molecular complexity index is 203. The van der Waals surface area contributed by atoms with Gasteiger partial charge in [0.05, 0.1) is 0 Å². The molecular formula is C10H17N. The van der Waals surface area contributed by atoms with Gasteiger partial charge in [0.1, 0.15) is 0 Å². The largest absolute Gasteiger partial charge is 0.297 e. The fourth-order valence-corrected chi connectivity index (χ4v) is 3.09. The normalized spacial score (nSPS) is 43.7. The molecule has 11 heavy (non-hydrogen) atoms. The van der Waals surface area contributed by atoms with Crippen molar-refractivity contribution in [3.05, 3.63) is 0 Å². The lowest BCUT2D eigenvalue weighted by Gasteiger charge is -2.31. The van der Waals surface area contributed by atoms with E-state index in [2.05, 4.69) is 18.8 Å². The van der Waals surface area contributed by atoms with Crippen LogP contribution in [0.4, 0.5) is 0 Å². The van der Waals surface area contributed by atoms with E-state index in [0.717, 1.165) is 11.8 Å². The van der Waals surface area contributed by atoms with Gasteiger partial charge >= 0.3 is 0 Å². The van der Waals surface area contributed by atoms with Gasteiger partial charge in [-0.1, -0.05) is 13.8 Å². The predicted octanol–water partition coefficient (Wildman–Crippen LogP) is 2.51. The second-order valence-corrected chi connectivity index (χ2v) is 4.54. The van der Waals surface area contributed by atoms with Crippen molar-refractivity contribution < 1.29 is 0 Å². The Balaban J connectivity index is 2.36. The van der Waals surface area contributed by atoms with Crippen LogP contribution in [0.1, 0.15) is 33.1 Å². The second kappa shape index (κ2) is 2.09. The molecule has 0 spiro atoms. The van der Waals surface area contributed by atoms with Crippen LogP contribution in [0.2, 0.25) is 0 Å². The first-order chi connectivity index (χ1) is 5.16. The molecule has 0 aromatic carbocycles. The zero-order valence-corrected chi connectivity index (χ0v) is 7.72. The van der Waals surface area contributed by atoms with E-state index >= 15 is 0 Å². The Morgan fingerprint density at radius 2 is 2.09 bits per heavy atom. The number of aliphatic imine (C=N–C) groups is 1. The number of hydrogen-bond acceptors (Lipinski definition) is 1. The zero-order chi connectivity index (χ0) is 8.06. The van der Waals surface area contributed by atoms with Gasteiger partial charge in [-0.05, 0) is 31.1 Å². The third-order valence-corrected chi connectivity index (χ3v) is 3.74. The lowest BCUT2D eigenvalue weighted by atomic mass is 9.75. The molecule has 0 radical (unpaired) electrons. The summed E-state index contributed by atoms with van der Waals surface area (Å²) in [6.07, 6.45) is 4.26. The summed E-state index contributed by atoms with van der Waals surface area (Å²) in [6.45, 7) is 4.72. The van der Waals surface area contributed by atoms with Gasteiger partial charge in [-0.15, -0.1) is 0 Å². The van der Waals surface area contributed by atoms with E-state index in [1.807, 2.05) is 7.05 Å². The fraction of sp³-hybridized carbons (Fsp3) is 0.900. The summed E-state index contributed by atoms with van der Waals surface area (Å²) in [4.78, 5) is 4.44. The molecule has 2 bridgehead atoms. The molecule has 0 aromatic rings. The van der Waals surface area contributed by atoms with Crippen LogP contribution in [-0.2, 0) is 0 Å². The highest BCUT2D eigenvalue weighted by Gasteiger charge is 2.49. The molecule has 1 heteroatoms. The van der Waals surface area contributed by atoms with E-state index in [4.69, 9.17) is 0 Å². The van der Waals surface area contributed by atoms with Crippen LogP contribution in [0.3, 0.4) is 0 Å². The van der Waals surface area contributed by atoms with E-state index in [1.165, 1.54) is 25.0 Å². The van der Waals surface area contributed by atoms with Crippen molar-refractivity contribution in [2.45, 2.75) is 33.1 Å². The van der Waals surface area contributed by atoms with Crippen molar-refractivity contribution in [1.82, 2.24) is 0 Å². The fourth-order valence-electron chi connectivity index (χ4n) is 3.09. The van der Waals surface area contributed by atoms with E-state index in [1.54, 1.807) is 0 Å². The van der Waals surface area contributed by atoms with Crippen LogP contribution < -0.4 is 0 Å². The van der Waals surface area contributed by atoms with Crippen molar-refractivity contribution in [2.24, 2.45) is 22.2 Å². The van der Waals surface area contributed by atoms with Gasteiger partial charge in [0.15, 0.2) is 0 Å². The first kappa shape index (κ1) is 7.33. The summed E-state index contributed by atoms with van der Waals surface area (Å²) in [7, 11) is 1.96. The molecule has 1 nitrogen and oxygen atoms in total. The van der Waals surface area contributed by atoms with Gasteiger partial charge in [-0.3, -0.25) is 4.99 Å². The summed E-state index contributed by atoms with van der Waals surface area (Å²) >= 11 is 0. The summed E-state index contributed by atoms with van der Waals surface area (Å²) in [5.41, 5.74) is 1.92. The Morgan fingerprint density at radius 1 is 1.36 bits per heavy atom. The molecule has 0 amide bonds. The smallest absolute Gasteiger partial charge is 0.0276 e. The zero-order valence-electron chi connectivity index (χ0n) is 7.72. The molecule has 0 N–H and O–H groups in total. The predicted molar refractivity (Wildman–Crippen MR) is 48.0 cm³/mol. The van der Waals surface area contributed by atoms with Crippen molar-refractivity contribution in [1.29, 1.82) is 0 Å². The van der Waals surface area contributed by atoms with Crippen LogP contribution in [0.5, 0.6) is 0 Å². The average Bonchev–Trinajstić information content (AvgIpc) is 2.44. The van der Waals surface area contributed by atoms with Gasteiger partial charge in [0.25, 0.3) is 0 Å². The Kier molecular flexibility index (Phi) is 1.39. The molecule has 2 aliphatic carbocycles. The van der Waals surface area contributed by atoms with Crippen LogP contribution in [-0.4, -0.2) is 12.8 Å². The molecule has 2 aliphatic rings. The quantitative estimate of drug-likeness (QED) is 0.504. The lowest BCUT2D eigenvalue weighted by Crippen LogP contribution is -2.30. The first-order valence-electron chi connectivity index (χ1n) is 4.63. The minimum atomic E-state index is 0.428. The Hall–Kier alpha value is -0.330. The number of nitrogens with zero attached hydrogens (tertiary/aromatic N) is 1. The van der Waals surface area contributed by atoms with E-state index in [-0.39, 0.29) is 0 Å². The summed E-state index contributed by atoms with van der Waals surface area (Å²) in [5.74, 6) is 1.78. The molecule has 0 heterocycles. The highest BCUT2D eigenvalue weighted by atomic mass is 14.8. The van der Waals surface area contributed by atoms with Crippen LogP contribution in [0.25, 0.3) is 0 Å². The third kappa shape index (κ3) is 0.800. The lowest BCUT2D eigenvalue weighted by molar-refractivity contribution is 0.334. The van der Waals surface area contributed by atoms with Gasteiger partial charge in [0, 0.05) is 18.2 Å². The first-order valence-corrected chi connectivity index (χ1v) is 4.63. The minimum Gasteiger partial charge on any atom is -0.297 e. The molecule has 2 atom stereocenters. The van der Waals surface area contributed by atoms with Crippen molar-refractivity contribution in [3.63, 3.8) is 0 Å². The summed E-state index contributed by atoms with van der Waals surface area (Å²) in [6, 6.07) is 0. The van der Waals surface area contributed by atoms with E-state index < -0.39 is 0 Å². The van der Waals surface area contributed by atoms with Crippen molar-refractivity contribution >= 4 is 5.71 Å². The number of rotatable bonds is 0. The maximum absolute atomic E-state index is 4.44. The van der Waals surface area contributed by atoms with E-state index in [9.17, 15) is 0 Å². The summed E-state index contributed by atoms with van der Waals surface area (Å²) < 4.78 is 0. The SMILES string of the molecule is C/N=C1/[C@@H]2CC[C@@H](C2)C1(C)C. The Labute approximate surface area is 68.9 Å². The van der Waals surface area contributed by atoms with Crippen molar-refractivity contribution in [2.75, 3.05) is 7.05 Å². The van der Waals surface area contributed by atoms with Crippen LogP contribution >= 0.6 is 0 Å². The van der Waals surface area contributed by atoms with E-state index in [0.29, 0.717) is 5.41 Å². The van der Waals surface area contributed by atoms with Crippen LogP contribution in [0, 0.1) is 17.3 Å². The highest BCUT2D eigenvalue weighted by Crippen LogP contribution is 2.53. The molecule has 0 saturated heterocycles. The minimum absolute atomic E-state index is 0.428. The summed E-state index contributed by atoms with van der Waals surface area (Å²) in [5, 5.41) is 0. The second-order valence-electron chi connectivity index (χ2n) is 4.54. The molecule has 0 aromatic heterocycles. The average molecular weight is 151 g/mol. The third-order valence-electron chi connectivity index (χ3n) is 3.74. The monoisotopic (exact) mass is 151 g/mol. The molecule has 62 valence electrons. The molecule has 2 fully saturated rings. The van der Waals surface area contributed by atoms with Gasteiger partial charge in [0.2, 0.25) is 0 Å².